The highest BCUT2D eigenvalue weighted by molar-refractivity contribution is 5.95. The molecule has 0 aliphatic carbocycles. The minimum Gasteiger partial charge on any atom is -0.379 e. The van der Waals surface area contributed by atoms with E-state index in [4.69, 9.17) is 4.74 Å². The number of ether oxygens (including phenoxy) is 1. The summed E-state index contributed by atoms with van der Waals surface area (Å²) in [6, 6.07) is 12.1. The predicted octanol–water partition coefficient (Wildman–Crippen LogP) is 2.16. The van der Waals surface area contributed by atoms with Gasteiger partial charge in [-0.3, -0.25) is 9.69 Å². The van der Waals surface area contributed by atoms with E-state index in [1.54, 1.807) is 0 Å². The molecule has 1 N–H and O–H groups in total. The number of rotatable bonds is 5. The molecule has 0 bridgehead atoms. The lowest BCUT2D eigenvalue weighted by atomic mass is 10.2. The Kier molecular flexibility index (Phi) is 5.33. The molecule has 0 unspecified atom stereocenters. The van der Waals surface area contributed by atoms with Gasteiger partial charge in [0.05, 0.1) is 18.8 Å². The third-order valence-electron chi connectivity index (χ3n) is 4.51. The average Bonchev–Trinajstić information content (AvgIpc) is 2.91. The topological polar surface area (TPSA) is 46.5 Å². The van der Waals surface area contributed by atoms with Gasteiger partial charge in [-0.15, -0.1) is 0 Å². The van der Waals surface area contributed by atoms with E-state index < -0.39 is 0 Å². The van der Waals surface area contributed by atoms with Gasteiger partial charge < -0.3 is 14.6 Å². The number of morpholine rings is 1. The Bertz CT molecular complexity index is 688. The molecule has 1 saturated heterocycles. The highest BCUT2D eigenvalue weighted by atomic mass is 16.5. The molecular formula is C19H25N3O2. The van der Waals surface area contributed by atoms with E-state index in [9.17, 15) is 4.79 Å². The van der Waals surface area contributed by atoms with Crippen LogP contribution in [0.4, 0.5) is 0 Å². The fourth-order valence-corrected chi connectivity index (χ4v) is 3.21. The quantitative estimate of drug-likeness (QED) is 0.915. The second kappa shape index (κ2) is 7.64. The Hall–Kier alpha value is -2.11. The molecule has 2 aromatic rings. The Morgan fingerprint density at radius 3 is 2.58 bits per heavy atom. The van der Waals surface area contributed by atoms with Crippen molar-refractivity contribution in [3.8, 4) is 5.69 Å². The summed E-state index contributed by atoms with van der Waals surface area (Å²) >= 11 is 0. The molecule has 0 radical (unpaired) electrons. The zero-order valence-electron chi connectivity index (χ0n) is 14.4. The van der Waals surface area contributed by atoms with Gasteiger partial charge in [0, 0.05) is 43.3 Å². The van der Waals surface area contributed by atoms with Gasteiger partial charge in [0.15, 0.2) is 0 Å². The van der Waals surface area contributed by atoms with E-state index in [0.717, 1.165) is 55.5 Å². The number of nitrogens with zero attached hydrogens (tertiary/aromatic N) is 2. The number of aromatic nitrogens is 1. The standard InChI is InChI=1S/C19H25N3O2/c1-15-14-18(16(2)22(15)17-6-4-3-5-7-17)19(23)20-8-9-21-10-12-24-13-11-21/h3-7,14H,8-13H2,1-2H3,(H,20,23). The molecule has 5 heteroatoms. The summed E-state index contributed by atoms with van der Waals surface area (Å²) in [4.78, 5) is 14.9. The molecule has 1 aromatic heterocycles. The van der Waals surface area contributed by atoms with E-state index in [0.29, 0.717) is 6.54 Å². The van der Waals surface area contributed by atoms with Crippen LogP contribution in [-0.4, -0.2) is 54.8 Å². The number of carbonyl (C=O) groups is 1. The molecule has 128 valence electrons. The van der Waals surface area contributed by atoms with Crippen molar-refractivity contribution in [2.75, 3.05) is 39.4 Å². The van der Waals surface area contributed by atoms with Crippen LogP contribution in [-0.2, 0) is 4.74 Å². The van der Waals surface area contributed by atoms with E-state index in [-0.39, 0.29) is 5.91 Å². The van der Waals surface area contributed by atoms with Crippen LogP contribution >= 0.6 is 0 Å². The number of aryl methyl sites for hydroxylation is 1. The van der Waals surface area contributed by atoms with Gasteiger partial charge in [0.1, 0.15) is 0 Å². The van der Waals surface area contributed by atoms with Crippen molar-refractivity contribution < 1.29 is 9.53 Å². The lowest BCUT2D eigenvalue weighted by molar-refractivity contribution is 0.0383. The number of para-hydroxylation sites is 1. The lowest BCUT2D eigenvalue weighted by Gasteiger charge is -2.26. The summed E-state index contributed by atoms with van der Waals surface area (Å²) in [6.45, 7) is 9.01. The summed E-state index contributed by atoms with van der Waals surface area (Å²) in [5, 5.41) is 3.04. The van der Waals surface area contributed by atoms with Crippen molar-refractivity contribution in [1.82, 2.24) is 14.8 Å². The van der Waals surface area contributed by atoms with Gasteiger partial charge in [-0.25, -0.2) is 0 Å². The lowest BCUT2D eigenvalue weighted by Crippen LogP contribution is -2.41. The van der Waals surface area contributed by atoms with Gasteiger partial charge in [0.2, 0.25) is 0 Å². The van der Waals surface area contributed by atoms with Gasteiger partial charge >= 0.3 is 0 Å². The van der Waals surface area contributed by atoms with Crippen LogP contribution in [0.2, 0.25) is 0 Å². The Labute approximate surface area is 143 Å². The van der Waals surface area contributed by atoms with Crippen molar-refractivity contribution in [3.05, 3.63) is 53.3 Å². The van der Waals surface area contributed by atoms with Crippen LogP contribution in [0.1, 0.15) is 21.7 Å². The second-order valence-electron chi connectivity index (χ2n) is 6.17. The Morgan fingerprint density at radius 1 is 1.17 bits per heavy atom. The molecule has 5 nitrogen and oxygen atoms in total. The van der Waals surface area contributed by atoms with E-state index in [1.165, 1.54) is 0 Å². The smallest absolute Gasteiger partial charge is 0.253 e. The van der Waals surface area contributed by atoms with Crippen LogP contribution in [0.3, 0.4) is 0 Å². The van der Waals surface area contributed by atoms with Gasteiger partial charge in [0.25, 0.3) is 5.91 Å². The summed E-state index contributed by atoms with van der Waals surface area (Å²) in [7, 11) is 0. The monoisotopic (exact) mass is 327 g/mol. The van der Waals surface area contributed by atoms with Crippen molar-refractivity contribution in [1.29, 1.82) is 0 Å². The molecule has 2 heterocycles. The number of hydrogen-bond acceptors (Lipinski definition) is 3. The molecule has 24 heavy (non-hydrogen) atoms. The zero-order chi connectivity index (χ0) is 16.9. The summed E-state index contributed by atoms with van der Waals surface area (Å²) in [5.41, 5.74) is 3.87. The Balaban J connectivity index is 1.65. The molecular weight excluding hydrogens is 302 g/mol. The Morgan fingerprint density at radius 2 is 1.88 bits per heavy atom. The van der Waals surface area contributed by atoms with E-state index in [2.05, 4.69) is 26.9 Å². The highest BCUT2D eigenvalue weighted by Crippen LogP contribution is 2.20. The van der Waals surface area contributed by atoms with Gasteiger partial charge in [-0.05, 0) is 32.0 Å². The summed E-state index contributed by atoms with van der Waals surface area (Å²) < 4.78 is 7.46. The van der Waals surface area contributed by atoms with Crippen LogP contribution in [0, 0.1) is 13.8 Å². The molecule has 0 saturated carbocycles. The molecule has 1 aliphatic rings. The number of hydrogen-bond donors (Lipinski definition) is 1. The third-order valence-corrected chi connectivity index (χ3v) is 4.51. The number of amides is 1. The fourth-order valence-electron chi connectivity index (χ4n) is 3.21. The highest BCUT2D eigenvalue weighted by Gasteiger charge is 2.17. The second-order valence-corrected chi connectivity index (χ2v) is 6.17. The minimum atomic E-state index is -0.00135. The summed E-state index contributed by atoms with van der Waals surface area (Å²) in [6.07, 6.45) is 0. The van der Waals surface area contributed by atoms with Crippen molar-refractivity contribution >= 4 is 5.91 Å². The average molecular weight is 327 g/mol. The molecule has 3 rings (SSSR count). The van der Waals surface area contributed by atoms with Crippen molar-refractivity contribution in [3.63, 3.8) is 0 Å². The fraction of sp³-hybridized carbons (Fsp3) is 0.421. The van der Waals surface area contributed by atoms with Crippen LogP contribution in [0.15, 0.2) is 36.4 Å². The first-order valence-corrected chi connectivity index (χ1v) is 8.49. The molecule has 1 amide bonds. The van der Waals surface area contributed by atoms with Crippen molar-refractivity contribution in [2.24, 2.45) is 0 Å². The molecule has 1 fully saturated rings. The SMILES string of the molecule is Cc1cc(C(=O)NCCN2CCOCC2)c(C)n1-c1ccccc1. The molecule has 1 aromatic carbocycles. The predicted molar refractivity (Wildman–Crippen MR) is 94.8 cm³/mol. The number of carbonyl (C=O) groups excluding carboxylic acids is 1. The van der Waals surface area contributed by atoms with E-state index in [1.807, 2.05) is 38.1 Å². The van der Waals surface area contributed by atoms with Gasteiger partial charge in [-0.1, -0.05) is 18.2 Å². The molecule has 1 aliphatic heterocycles. The van der Waals surface area contributed by atoms with Crippen molar-refractivity contribution in [2.45, 2.75) is 13.8 Å². The van der Waals surface area contributed by atoms with E-state index >= 15 is 0 Å². The normalized spacial score (nSPS) is 15.4. The molecule has 0 atom stereocenters. The van der Waals surface area contributed by atoms with Crippen LogP contribution < -0.4 is 5.32 Å². The largest absolute Gasteiger partial charge is 0.379 e. The maximum atomic E-state index is 12.5. The van der Waals surface area contributed by atoms with Gasteiger partial charge in [-0.2, -0.15) is 0 Å². The molecule has 0 spiro atoms. The zero-order valence-corrected chi connectivity index (χ0v) is 14.4. The minimum absolute atomic E-state index is 0.00135. The van der Waals surface area contributed by atoms with Crippen LogP contribution in [0.5, 0.6) is 0 Å². The maximum absolute atomic E-state index is 12.5. The number of benzene rings is 1. The third kappa shape index (κ3) is 3.68. The first-order chi connectivity index (χ1) is 11.7. The first kappa shape index (κ1) is 16.7. The maximum Gasteiger partial charge on any atom is 0.253 e. The number of nitrogens with one attached hydrogen (secondary N) is 1. The van der Waals surface area contributed by atoms with Crippen LogP contribution in [0.25, 0.3) is 5.69 Å². The first-order valence-electron chi connectivity index (χ1n) is 8.49. The summed E-state index contributed by atoms with van der Waals surface area (Å²) in [5.74, 6) is -0.00135.